The normalized spacial score (nSPS) is 18.8. The van der Waals surface area contributed by atoms with Gasteiger partial charge in [-0.15, -0.1) is 6.58 Å². The van der Waals surface area contributed by atoms with Crippen molar-refractivity contribution in [2.75, 3.05) is 4.90 Å². The largest absolute Gasteiger partial charge is 0.315 e. The molecule has 1 aromatic carbocycles. The molecule has 0 bridgehead atoms. The molecule has 0 spiro atoms. The first-order valence-electron chi connectivity index (χ1n) is 21.4. The van der Waals surface area contributed by atoms with E-state index < -0.39 is 0 Å². The smallest absolute Gasteiger partial charge is 0.0467 e. The lowest BCUT2D eigenvalue weighted by Gasteiger charge is -2.28. The first-order chi connectivity index (χ1) is 29.4. The van der Waals surface area contributed by atoms with Crippen molar-refractivity contribution >= 4 is 11.3 Å². The zero-order chi connectivity index (χ0) is 45.0. The molecular weight excluding hydrogens is 737 g/mol. The first kappa shape index (κ1) is 50.8. The Morgan fingerprint density at radius 3 is 2.20 bits per heavy atom. The molecule has 1 aromatic rings. The van der Waals surface area contributed by atoms with Crippen LogP contribution in [0.4, 0.5) is 5.69 Å². The second-order valence-electron chi connectivity index (χ2n) is 14.8. The van der Waals surface area contributed by atoms with Crippen LogP contribution in [-0.2, 0) is 0 Å². The van der Waals surface area contributed by atoms with E-state index in [1.54, 1.807) is 0 Å². The number of rotatable bonds is 18. The molecular formula is C59H72N2. The van der Waals surface area contributed by atoms with Crippen LogP contribution in [0.15, 0.2) is 259 Å². The van der Waals surface area contributed by atoms with Crippen molar-refractivity contribution in [3.63, 3.8) is 0 Å². The summed E-state index contributed by atoms with van der Waals surface area (Å²) < 4.78 is 0. The maximum atomic E-state index is 4.49. The van der Waals surface area contributed by atoms with Crippen LogP contribution < -0.4 is 4.90 Å². The van der Waals surface area contributed by atoms with Gasteiger partial charge in [0.1, 0.15) is 0 Å². The van der Waals surface area contributed by atoms with Gasteiger partial charge in [0.25, 0.3) is 0 Å². The fraction of sp³-hybridized carbons (Fsp3) is 0.220. The third-order valence-electron chi connectivity index (χ3n) is 10.0. The van der Waals surface area contributed by atoms with E-state index in [1.165, 1.54) is 16.7 Å². The molecule has 1 heterocycles. The summed E-state index contributed by atoms with van der Waals surface area (Å²) in [5.41, 5.74) is 13.6. The number of benzene rings is 1. The second kappa shape index (κ2) is 28.9. The summed E-state index contributed by atoms with van der Waals surface area (Å²) in [5.74, 6) is 0. The predicted molar refractivity (Wildman–Crippen MR) is 276 cm³/mol. The summed E-state index contributed by atoms with van der Waals surface area (Å²) in [6.07, 6.45) is 55.4. The average Bonchev–Trinajstić information content (AvgIpc) is 3.25. The van der Waals surface area contributed by atoms with Gasteiger partial charge < -0.3 is 9.80 Å². The maximum Gasteiger partial charge on any atom is 0.0467 e. The number of hydrogen-bond acceptors (Lipinski definition) is 2. The lowest BCUT2D eigenvalue weighted by molar-refractivity contribution is 0.560. The quantitative estimate of drug-likeness (QED) is 0.108. The van der Waals surface area contributed by atoms with Crippen LogP contribution in [0, 0.1) is 0 Å². The Morgan fingerprint density at radius 2 is 1.49 bits per heavy atom. The molecule has 2 rings (SSSR count). The van der Waals surface area contributed by atoms with Crippen LogP contribution >= 0.6 is 0 Å². The maximum absolute atomic E-state index is 4.49. The lowest BCUT2D eigenvalue weighted by Crippen LogP contribution is -2.19. The number of allylic oxidation sites excluding steroid dienone is 31. The van der Waals surface area contributed by atoms with E-state index in [9.17, 15) is 0 Å². The lowest BCUT2D eigenvalue weighted by atomic mass is 10.0. The van der Waals surface area contributed by atoms with Crippen molar-refractivity contribution in [2.45, 2.75) is 87.5 Å². The molecule has 0 fully saturated rings. The third-order valence-corrected chi connectivity index (χ3v) is 10.0. The minimum Gasteiger partial charge on any atom is -0.315 e. The fourth-order valence-corrected chi connectivity index (χ4v) is 6.29. The summed E-state index contributed by atoms with van der Waals surface area (Å²) in [7, 11) is 0. The van der Waals surface area contributed by atoms with E-state index >= 15 is 0 Å². The van der Waals surface area contributed by atoms with Gasteiger partial charge in [0.2, 0.25) is 0 Å². The monoisotopic (exact) mass is 809 g/mol. The van der Waals surface area contributed by atoms with Crippen LogP contribution in [0.3, 0.4) is 0 Å². The highest BCUT2D eigenvalue weighted by Crippen LogP contribution is 2.30. The molecule has 2 nitrogen and oxygen atoms in total. The van der Waals surface area contributed by atoms with Crippen LogP contribution in [0.25, 0.3) is 5.57 Å². The molecule has 0 aromatic heterocycles. The van der Waals surface area contributed by atoms with Gasteiger partial charge >= 0.3 is 0 Å². The topological polar surface area (TPSA) is 6.48 Å². The van der Waals surface area contributed by atoms with Gasteiger partial charge in [-0.25, -0.2) is 0 Å². The van der Waals surface area contributed by atoms with Crippen LogP contribution in [0.2, 0.25) is 0 Å². The first-order valence-corrected chi connectivity index (χ1v) is 21.4. The third kappa shape index (κ3) is 18.2. The van der Waals surface area contributed by atoms with Crippen molar-refractivity contribution in [2.24, 2.45) is 0 Å². The van der Waals surface area contributed by atoms with E-state index in [1.807, 2.05) is 25.2 Å². The van der Waals surface area contributed by atoms with Crippen molar-refractivity contribution < 1.29 is 0 Å². The highest BCUT2D eigenvalue weighted by molar-refractivity contribution is 5.72. The van der Waals surface area contributed by atoms with Crippen molar-refractivity contribution in [3.8, 4) is 0 Å². The molecule has 2 heteroatoms. The minimum absolute atomic E-state index is 0.793. The fourth-order valence-electron chi connectivity index (χ4n) is 6.29. The summed E-state index contributed by atoms with van der Waals surface area (Å²) in [6.45, 7) is 38.3. The molecule has 0 saturated carbocycles. The van der Waals surface area contributed by atoms with E-state index in [-0.39, 0.29) is 0 Å². The van der Waals surface area contributed by atoms with Crippen molar-refractivity contribution in [1.82, 2.24) is 4.90 Å². The standard InChI is InChI=1S/C59H72N2/c1-14-19-21-22-28-31-36-55(16-3)50(9)40-43-57(17-4)61(53(12)42-39-49(8)48(7)34-20-15-2)58(18-5)44-41-51(10)56-37-32-38-59(46-56)60-52(11)35-30-27-25-23-24-26-29-33-47(6)45-54(60)13/h14-18,20-23,25,28-35,37-46H,1,5,9,11,13,19,24,26-27,36H2,2-4,6-8,10,12H3/b20-15-,22-21-,25-23-,31-28-,33-29-,35-30-,43-40-,47-45-,48-34+,49-39+,51-41+,53-42+,55-16+,57-17+,58-44+. The summed E-state index contributed by atoms with van der Waals surface area (Å²) >= 11 is 0. The van der Waals surface area contributed by atoms with Crippen molar-refractivity contribution in [1.29, 1.82) is 0 Å². The van der Waals surface area contributed by atoms with E-state index in [2.05, 4.69) is 243 Å². The summed E-state index contributed by atoms with van der Waals surface area (Å²) in [6, 6.07) is 8.56. The zero-order valence-electron chi connectivity index (χ0n) is 38.6. The summed E-state index contributed by atoms with van der Waals surface area (Å²) in [5, 5.41) is 0. The number of anilines is 1. The molecule has 318 valence electrons. The second-order valence-corrected chi connectivity index (χ2v) is 14.8. The van der Waals surface area contributed by atoms with Crippen LogP contribution in [0.1, 0.15) is 93.1 Å². The molecule has 61 heavy (non-hydrogen) atoms. The van der Waals surface area contributed by atoms with Gasteiger partial charge in [-0.1, -0.05) is 148 Å². The average molecular weight is 809 g/mol. The number of hydrogen-bond donors (Lipinski definition) is 0. The SMILES string of the molecule is C=CC/C=C\C=C/C/C(=C\C)C(=C)/C=C\C(=C/C)N(/C(C)=C/C=C(C)/C(C)=C/C=C\C)/C(C=C)=C/C=C(\C)c1cccc(N2C(=C)/C=C\C/C=C\CC/C=C\C(C)=C/C2=C)c1. The molecule has 0 N–H and O–H groups in total. The van der Waals surface area contributed by atoms with E-state index in [0.717, 1.165) is 88.6 Å². The molecule has 1 aliphatic rings. The van der Waals surface area contributed by atoms with Gasteiger partial charge in [-0.3, -0.25) is 0 Å². The predicted octanol–water partition coefficient (Wildman–Crippen LogP) is 17.5. The molecule has 0 radical (unpaired) electrons. The Morgan fingerprint density at radius 1 is 0.754 bits per heavy atom. The van der Waals surface area contributed by atoms with Gasteiger partial charge in [0.15, 0.2) is 0 Å². The molecule has 0 saturated heterocycles. The molecule has 0 atom stereocenters. The molecule has 0 unspecified atom stereocenters. The highest BCUT2D eigenvalue weighted by Gasteiger charge is 2.15. The van der Waals surface area contributed by atoms with Gasteiger partial charge in [0, 0.05) is 34.2 Å². The minimum atomic E-state index is 0.793. The summed E-state index contributed by atoms with van der Waals surface area (Å²) in [4.78, 5) is 4.37. The highest BCUT2D eigenvalue weighted by atomic mass is 15.2. The Balaban J connectivity index is 2.67. The Bertz CT molecular complexity index is 2170. The van der Waals surface area contributed by atoms with Crippen LogP contribution in [-0.4, -0.2) is 4.90 Å². The van der Waals surface area contributed by atoms with Gasteiger partial charge in [-0.05, 0) is 175 Å². The number of nitrogens with zero attached hydrogens (tertiary/aromatic N) is 2. The van der Waals surface area contributed by atoms with E-state index in [0.29, 0.717) is 0 Å². The van der Waals surface area contributed by atoms with E-state index in [4.69, 9.17) is 0 Å². The van der Waals surface area contributed by atoms with Gasteiger partial charge in [-0.2, -0.15) is 0 Å². The molecule has 0 aliphatic carbocycles. The molecule has 0 amide bonds. The van der Waals surface area contributed by atoms with Gasteiger partial charge in [0.05, 0.1) is 0 Å². The zero-order valence-corrected chi connectivity index (χ0v) is 38.6. The Labute approximate surface area is 371 Å². The Hall–Kier alpha value is -6.38. The van der Waals surface area contributed by atoms with Crippen molar-refractivity contribution in [3.05, 3.63) is 265 Å². The Kier molecular flexibility index (Phi) is 24.1. The molecule has 1 aliphatic heterocycles. The van der Waals surface area contributed by atoms with Crippen LogP contribution in [0.5, 0.6) is 0 Å².